The third-order valence-corrected chi connectivity index (χ3v) is 5.46. The van der Waals surface area contributed by atoms with E-state index in [1.165, 1.54) is 0 Å². The predicted molar refractivity (Wildman–Crippen MR) is 112 cm³/mol. The topological polar surface area (TPSA) is 65.2 Å². The van der Waals surface area contributed by atoms with Gasteiger partial charge in [0, 0.05) is 39.4 Å². The molecule has 0 aliphatic carbocycles. The lowest BCUT2D eigenvalue weighted by atomic mass is 10.1. The number of H-pyrrole nitrogens is 1. The Morgan fingerprint density at radius 2 is 1.89 bits per heavy atom. The molecule has 2 heterocycles. The summed E-state index contributed by atoms with van der Waals surface area (Å²) in [4.78, 5) is 30.5. The molecule has 28 heavy (non-hydrogen) atoms. The van der Waals surface area contributed by atoms with Crippen molar-refractivity contribution in [2.75, 3.05) is 11.9 Å². The average molecular weight is 416 g/mol. The monoisotopic (exact) mass is 415 g/mol. The molecule has 1 atom stereocenters. The van der Waals surface area contributed by atoms with Gasteiger partial charge in [-0.2, -0.15) is 0 Å². The summed E-state index contributed by atoms with van der Waals surface area (Å²) < 4.78 is 0. The van der Waals surface area contributed by atoms with Crippen molar-refractivity contribution >= 4 is 51.6 Å². The summed E-state index contributed by atoms with van der Waals surface area (Å²) in [5.41, 5.74) is 2.46. The first kappa shape index (κ1) is 18.8. The minimum Gasteiger partial charge on any atom is -0.361 e. The second-order valence-corrected chi connectivity index (χ2v) is 7.80. The van der Waals surface area contributed by atoms with Crippen LogP contribution in [0.15, 0.2) is 48.7 Å². The molecule has 1 unspecified atom stereocenters. The number of likely N-dealkylation sites (tertiary alicyclic amines) is 1. The number of nitrogens with one attached hydrogen (secondary N) is 2. The third kappa shape index (κ3) is 3.86. The number of carbonyl (C=O) groups is 2. The Kier molecular flexibility index (Phi) is 5.29. The van der Waals surface area contributed by atoms with Gasteiger partial charge in [-0.05, 0) is 42.7 Å². The molecule has 2 amide bonds. The maximum absolute atomic E-state index is 12.9. The number of hydrogen-bond acceptors (Lipinski definition) is 2. The highest BCUT2D eigenvalue weighted by Crippen LogP contribution is 2.26. The van der Waals surface area contributed by atoms with Crippen molar-refractivity contribution in [2.24, 2.45) is 0 Å². The molecule has 1 aromatic heterocycles. The van der Waals surface area contributed by atoms with E-state index >= 15 is 0 Å². The van der Waals surface area contributed by atoms with Crippen LogP contribution in [0.4, 0.5) is 5.69 Å². The van der Waals surface area contributed by atoms with E-state index in [9.17, 15) is 9.59 Å². The minimum atomic E-state index is -0.490. The first-order valence-corrected chi connectivity index (χ1v) is 9.88. The summed E-state index contributed by atoms with van der Waals surface area (Å²) in [6, 6.07) is 12.3. The molecule has 7 heteroatoms. The molecule has 4 rings (SSSR count). The van der Waals surface area contributed by atoms with Gasteiger partial charge in [0.1, 0.15) is 6.04 Å². The van der Waals surface area contributed by atoms with Crippen LogP contribution in [0.5, 0.6) is 0 Å². The molecule has 1 fully saturated rings. The van der Waals surface area contributed by atoms with E-state index in [0.29, 0.717) is 28.7 Å². The minimum absolute atomic E-state index is 0.0495. The Labute approximate surface area is 172 Å². The summed E-state index contributed by atoms with van der Waals surface area (Å²) in [5.74, 6) is -0.269. The predicted octanol–water partition coefficient (Wildman–Crippen LogP) is 4.65. The van der Waals surface area contributed by atoms with Gasteiger partial charge in [-0.1, -0.05) is 41.4 Å². The Morgan fingerprint density at radius 3 is 2.68 bits per heavy atom. The zero-order valence-electron chi connectivity index (χ0n) is 15.0. The maximum Gasteiger partial charge on any atom is 0.247 e. The Morgan fingerprint density at radius 1 is 1.14 bits per heavy atom. The number of aromatic amines is 1. The summed E-state index contributed by atoms with van der Waals surface area (Å²) in [6.07, 6.45) is 3.56. The van der Waals surface area contributed by atoms with Crippen molar-refractivity contribution in [2.45, 2.75) is 25.3 Å². The smallest absolute Gasteiger partial charge is 0.247 e. The van der Waals surface area contributed by atoms with E-state index in [-0.39, 0.29) is 18.2 Å². The number of para-hydroxylation sites is 1. The lowest BCUT2D eigenvalue weighted by molar-refractivity contribution is -0.136. The van der Waals surface area contributed by atoms with E-state index in [1.54, 1.807) is 23.1 Å². The number of aromatic nitrogens is 1. The molecule has 1 aliphatic heterocycles. The molecule has 2 aromatic carbocycles. The Bertz CT molecular complexity index is 1030. The lowest BCUT2D eigenvalue weighted by Crippen LogP contribution is -2.43. The molecule has 5 nitrogen and oxygen atoms in total. The lowest BCUT2D eigenvalue weighted by Gasteiger charge is -2.24. The number of benzene rings is 2. The number of nitrogens with zero attached hydrogens (tertiary/aromatic N) is 1. The zero-order chi connectivity index (χ0) is 19.7. The van der Waals surface area contributed by atoms with Crippen LogP contribution in [0, 0.1) is 0 Å². The van der Waals surface area contributed by atoms with Gasteiger partial charge >= 0.3 is 0 Å². The standard InChI is InChI=1S/C21H19Cl2N3O2/c22-14-9-15(23)11-16(10-14)25-21(28)19-6-3-7-26(19)20(27)8-13-12-24-18-5-2-1-4-17(13)18/h1-2,4-5,9-12,19,24H,3,6-8H2,(H,25,28). The van der Waals surface area contributed by atoms with Crippen molar-refractivity contribution < 1.29 is 9.59 Å². The maximum atomic E-state index is 12.9. The molecule has 144 valence electrons. The van der Waals surface area contributed by atoms with Gasteiger partial charge in [0.2, 0.25) is 11.8 Å². The van der Waals surface area contributed by atoms with E-state index in [0.717, 1.165) is 22.9 Å². The van der Waals surface area contributed by atoms with Crippen molar-refractivity contribution in [3.05, 3.63) is 64.3 Å². The number of rotatable bonds is 4. The van der Waals surface area contributed by atoms with Crippen molar-refractivity contribution in [1.82, 2.24) is 9.88 Å². The van der Waals surface area contributed by atoms with Crippen molar-refractivity contribution in [3.63, 3.8) is 0 Å². The van der Waals surface area contributed by atoms with Crippen molar-refractivity contribution in [3.8, 4) is 0 Å². The highest BCUT2D eigenvalue weighted by atomic mass is 35.5. The summed E-state index contributed by atoms with van der Waals surface area (Å²) in [5, 5.41) is 4.75. The number of carbonyl (C=O) groups excluding carboxylic acids is 2. The number of halogens is 2. The van der Waals surface area contributed by atoms with Gasteiger partial charge in [-0.3, -0.25) is 9.59 Å². The first-order chi connectivity index (χ1) is 13.5. The van der Waals surface area contributed by atoms with E-state index < -0.39 is 6.04 Å². The van der Waals surface area contributed by atoms with Gasteiger partial charge in [-0.15, -0.1) is 0 Å². The van der Waals surface area contributed by atoms with Gasteiger partial charge in [0.15, 0.2) is 0 Å². The number of anilines is 1. The van der Waals surface area contributed by atoms with Gasteiger partial charge in [0.25, 0.3) is 0 Å². The van der Waals surface area contributed by atoms with Crippen LogP contribution in [-0.4, -0.2) is 34.3 Å². The Hall–Kier alpha value is -2.50. The van der Waals surface area contributed by atoms with Crippen LogP contribution in [-0.2, 0) is 16.0 Å². The quantitative estimate of drug-likeness (QED) is 0.651. The van der Waals surface area contributed by atoms with Gasteiger partial charge in [-0.25, -0.2) is 0 Å². The SMILES string of the molecule is O=C(Nc1cc(Cl)cc(Cl)c1)C1CCCN1C(=O)Cc1c[nH]c2ccccc12. The summed E-state index contributed by atoms with van der Waals surface area (Å²) >= 11 is 12.0. The number of hydrogen-bond donors (Lipinski definition) is 2. The highest BCUT2D eigenvalue weighted by molar-refractivity contribution is 6.35. The zero-order valence-corrected chi connectivity index (χ0v) is 16.6. The molecule has 1 saturated heterocycles. The normalized spacial score (nSPS) is 16.5. The van der Waals surface area contributed by atoms with Gasteiger partial charge < -0.3 is 15.2 Å². The molecule has 3 aromatic rings. The molecule has 2 N–H and O–H groups in total. The van der Waals surface area contributed by atoms with Crippen LogP contribution >= 0.6 is 23.2 Å². The highest BCUT2D eigenvalue weighted by Gasteiger charge is 2.34. The fraction of sp³-hybridized carbons (Fsp3) is 0.238. The van der Waals surface area contributed by atoms with Gasteiger partial charge in [0.05, 0.1) is 6.42 Å². The van der Waals surface area contributed by atoms with Crippen LogP contribution < -0.4 is 5.32 Å². The van der Waals surface area contributed by atoms with Crippen LogP contribution in [0.25, 0.3) is 10.9 Å². The summed E-state index contributed by atoms with van der Waals surface area (Å²) in [6.45, 7) is 0.579. The fourth-order valence-electron chi connectivity index (χ4n) is 3.73. The molecule has 0 bridgehead atoms. The molecule has 0 saturated carbocycles. The van der Waals surface area contributed by atoms with E-state index in [1.807, 2.05) is 30.5 Å². The van der Waals surface area contributed by atoms with E-state index in [4.69, 9.17) is 23.2 Å². The molecule has 0 radical (unpaired) electrons. The molecular formula is C21H19Cl2N3O2. The van der Waals surface area contributed by atoms with Crippen LogP contribution in [0.2, 0.25) is 10.0 Å². The molecular weight excluding hydrogens is 397 g/mol. The fourth-order valence-corrected chi connectivity index (χ4v) is 4.26. The summed E-state index contributed by atoms with van der Waals surface area (Å²) in [7, 11) is 0. The van der Waals surface area contributed by atoms with Crippen LogP contribution in [0.1, 0.15) is 18.4 Å². The molecule has 0 spiro atoms. The Balaban J connectivity index is 1.48. The van der Waals surface area contributed by atoms with E-state index in [2.05, 4.69) is 10.3 Å². The third-order valence-electron chi connectivity index (χ3n) is 5.02. The molecule has 1 aliphatic rings. The average Bonchev–Trinajstić information content (AvgIpc) is 3.28. The van der Waals surface area contributed by atoms with Crippen molar-refractivity contribution in [1.29, 1.82) is 0 Å². The first-order valence-electron chi connectivity index (χ1n) is 9.13. The largest absolute Gasteiger partial charge is 0.361 e. The second-order valence-electron chi connectivity index (χ2n) is 6.93. The number of fused-ring (bicyclic) bond motifs is 1. The second kappa shape index (κ2) is 7.86. The number of amides is 2. The van der Waals surface area contributed by atoms with Crippen LogP contribution in [0.3, 0.4) is 0 Å².